The van der Waals surface area contributed by atoms with E-state index in [0.717, 1.165) is 19.2 Å². The zero-order valence-electron chi connectivity index (χ0n) is 16.5. The first-order chi connectivity index (χ1) is 13.4. The number of fused-ring (bicyclic) bond motifs is 1. The van der Waals surface area contributed by atoms with Crippen LogP contribution in [0.25, 0.3) is 0 Å². The van der Waals surface area contributed by atoms with Crippen molar-refractivity contribution in [2.24, 2.45) is 17.3 Å². The predicted molar refractivity (Wildman–Crippen MR) is 93.1 cm³/mol. The maximum absolute atomic E-state index is 14.1. The Kier molecular flexibility index (Phi) is 5.42. The Morgan fingerprint density at radius 2 is 1.76 bits per heavy atom. The summed E-state index contributed by atoms with van der Waals surface area (Å²) in [5.74, 6) is -3.05. The summed E-state index contributed by atoms with van der Waals surface area (Å²) >= 11 is 0. The molecule has 9 heteroatoms. The van der Waals surface area contributed by atoms with Crippen LogP contribution in [-0.2, 0) is 34.1 Å². The fourth-order valence-corrected chi connectivity index (χ4v) is 4.12. The highest BCUT2D eigenvalue weighted by molar-refractivity contribution is 5.83. The Morgan fingerprint density at radius 3 is 2.28 bits per heavy atom. The number of rotatable bonds is 4. The monoisotopic (exact) mass is 416 g/mol. The van der Waals surface area contributed by atoms with Crippen molar-refractivity contribution in [3.8, 4) is 0 Å². The lowest BCUT2D eigenvalue weighted by Crippen LogP contribution is -2.53. The minimum atomic E-state index is -5.08. The first-order valence-corrected chi connectivity index (χ1v) is 9.15. The molecule has 2 fully saturated rings. The van der Waals surface area contributed by atoms with Gasteiger partial charge in [-0.3, -0.25) is 4.79 Å². The number of carbonyl (C=O) groups is 2. The SMILES string of the molecule is CO[C@](C(=O)O[C@@H]1O[C@@H]2OC(=O)C[C@@H]2[C@H]1C(C)(C)C)(c1ccccc1)C(F)(F)F. The van der Waals surface area contributed by atoms with Gasteiger partial charge in [-0.25, -0.2) is 4.79 Å². The summed E-state index contributed by atoms with van der Waals surface area (Å²) in [7, 11) is 0.801. The topological polar surface area (TPSA) is 71.1 Å². The standard InChI is InChI=1S/C20H23F3O6/c1-18(2,3)14-12-10-13(24)27-15(12)28-16(14)29-17(25)19(26-4,20(21,22)23)11-8-6-5-7-9-11/h5-9,12,14-16H,10H2,1-4H3/t12-,14-,15+,16+,19+/m1/s1. The van der Waals surface area contributed by atoms with E-state index in [4.69, 9.17) is 18.9 Å². The summed E-state index contributed by atoms with van der Waals surface area (Å²) in [5, 5.41) is 0. The minimum absolute atomic E-state index is 0.0496. The lowest BCUT2D eigenvalue weighted by molar-refractivity contribution is -0.288. The summed E-state index contributed by atoms with van der Waals surface area (Å²) in [6, 6.07) is 6.56. The van der Waals surface area contributed by atoms with Crippen molar-refractivity contribution >= 4 is 11.9 Å². The Hall–Kier alpha value is -2.13. The Labute approximate surface area is 166 Å². The molecule has 0 unspecified atom stereocenters. The van der Waals surface area contributed by atoms with Gasteiger partial charge in [0.05, 0.1) is 6.42 Å². The molecule has 0 aliphatic carbocycles. The fourth-order valence-electron chi connectivity index (χ4n) is 4.12. The number of esters is 2. The third-order valence-electron chi connectivity index (χ3n) is 5.42. The number of benzene rings is 1. The largest absolute Gasteiger partial charge is 0.435 e. The van der Waals surface area contributed by atoms with Crippen LogP contribution in [0.1, 0.15) is 32.8 Å². The normalized spacial score (nSPS) is 29.1. The first kappa shape index (κ1) is 21.6. The van der Waals surface area contributed by atoms with Crippen LogP contribution in [0.2, 0.25) is 0 Å². The molecule has 0 amide bonds. The molecule has 0 radical (unpaired) electrons. The number of halogens is 3. The average molecular weight is 416 g/mol. The van der Waals surface area contributed by atoms with Crippen molar-refractivity contribution in [2.45, 2.75) is 51.5 Å². The van der Waals surface area contributed by atoms with Gasteiger partial charge in [-0.2, -0.15) is 13.2 Å². The Morgan fingerprint density at radius 1 is 1.14 bits per heavy atom. The molecule has 0 N–H and O–H groups in total. The van der Waals surface area contributed by atoms with Crippen LogP contribution in [0.4, 0.5) is 13.2 Å². The van der Waals surface area contributed by atoms with E-state index in [1.165, 1.54) is 18.2 Å². The molecular formula is C20H23F3O6. The number of ether oxygens (including phenoxy) is 4. The number of hydrogen-bond donors (Lipinski definition) is 0. The van der Waals surface area contributed by atoms with E-state index in [2.05, 4.69) is 0 Å². The summed E-state index contributed by atoms with van der Waals surface area (Å²) in [4.78, 5) is 24.5. The van der Waals surface area contributed by atoms with Crippen molar-refractivity contribution in [1.29, 1.82) is 0 Å². The molecule has 0 saturated carbocycles. The van der Waals surface area contributed by atoms with Crippen LogP contribution >= 0.6 is 0 Å². The van der Waals surface area contributed by atoms with Gasteiger partial charge in [0, 0.05) is 24.5 Å². The zero-order valence-corrected chi connectivity index (χ0v) is 16.5. The van der Waals surface area contributed by atoms with Crippen LogP contribution in [0, 0.1) is 17.3 Å². The second-order valence-electron chi connectivity index (χ2n) is 8.28. The van der Waals surface area contributed by atoms with E-state index in [9.17, 15) is 22.8 Å². The number of carbonyl (C=O) groups excluding carboxylic acids is 2. The molecule has 6 nitrogen and oxygen atoms in total. The summed E-state index contributed by atoms with van der Waals surface area (Å²) < 4.78 is 62.8. The maximum atomic E-state index is 14.1. The van der Waals surface area contributed by atoms with Crippen LogP contribution in [0.15, 0.2) is 30.3 Å². The second kappa shape index (κ2) is 7.28. The van der Waals surface area contributed by atoms with Crippen LogP contribution in [0.3, 0.4) is 0 Å². The maximum Gasteiger partial charge on any atom is 0.432 e. The predicted octanol–water partition coefficient (Wildman–Crippen LogP) is 3.54. The molecule has 2 saturated heterocycles. The van der Waals surface area contributed by atoms with Crippen LogP contribution < -0.4 is 0 Å². The minimum Gasteiger partial charge on any atom is -0.435 e. The Balaban J connectivity index is 1.95. The van der Waals surface area contributed by atoms with Gasteiger partial charge in [-0.1, -0.05) is 51.1 Å². The third-order valence-corrected chi connectivity index (χ3v) is 5.42. The van der Waals surface area contributed by atoms with E-state index in [-0.39, 0.29) is 6.42 Å². The van der Waals surface area contributed by atoms with Gasteiger partial charge in [0.1, 0.15) is 0 Å². The van der Waals surface area contributed by atoms with Crippen LogP contribution in [0.5, 0.6) is 0 Å². The molecule has 29 heavy (non-hydrogen) atoms. The molecule has 0 aromatic heterocycles. The van der Waals surface area contributed by atoms with Crippen molar-refractivity contribution in [2.75, 3.05) is 7.11 Å². The molecule has 3 rings (SSSR count). The molecule has 2 aliphatic heterocycles. The zero-order chi connectivity index (χ0) is 21.6. The number of alkyl halides is 3. The van der Waals surface area contributed by atoms with Crippen molar-refractivity contribution in [1.82, 2.24) is 0 Å². The second-order valence-corrected chi connectivity index (χ2v) is 8.28. The molecule has 1 aromatic rings. The molecule has 5 atom stereocenters. The quantitative estimate of drug-likeness (QED) is 0.700. The molecule has 0 spiro atoms. The van der Waals surface area contributed by atoms with Gasteiger partial charge in [-0.05, 0) is 5.41 Å². The number of hydrogen-bond acceptors (Lipinski definition) is 6. The average Bonchev–Trinajstić information content (AvgIpc) is 3.09. The molecule has 1 aromatic carbocycles. The van der Waals surface area contributed by atoms with E-state index in [0.29, 0.717) is 0 Å². The molecular weight excluding hydrogens is 393 g/mol. The summed E-state index contributed by atoms with van der Waals surface area (Å²) in [5.41, 5.74) is -4.25. The van der Waals surface area contributed by atoms with Crippen molar-refractivity contribution < 1.29 is 41.7 Å². The van der Waals surface area contributed by atoms with Gasteiger partial charge < -0.3 is 18.9 Å². The van der Waals surface area contributed by atoms with Gasteiger partial charge in [-0.15, -0.1) is 0 Å². The van der Waals surface area contributed by atoms with Gasteiger partial charge in [0.2, 0.25) is 12.6 Å². The highest BCUT2D eigenvalue weighted by atomic mass is 19.4. The van der Waals surface area contributed by atoms with E-state index < -0.39 is 59.1 Å². The highest BCUT2D eigenvalue weighted by Crippen LogP contribution is 2.50. The first-order valence-electron chi connectivity index (χ1n) is 9.15. The lowest BCUT2D eigenvalue weighted by Gasteiger charge is -2.36. The fraction of sp³-hybridized carbons (Fsp3) is 0.600. The van der Waals surface area contributed by atoms with Gasteiger partial charge >= 0.3 is 18.1 Å². The smallest absolute Gasteiger partial charge is 0.432 e. The van der Waals surface area contributed by atoms with E-state index >= 15 is 0 Å². The van der Waals surface area contributed by atoms with E-state index in [1.54, 1.807) is 0 Å². The highest BCUT2D eigenvalue weighted by Gasteiger charge is 2.66. The molecule has 2 aliphatic rings. The molecule has 2 heterocycles. The summed E-state index contributed by atoms with van der Waals surface area (Å²) in [6.45, 7) is 5.49. The van der Waals surface area contributed by atoms with Gasteiger partial charge in [0.25, 0.3) is 5.60 Å². The van der Waals surface area contributed by atoms with Gasteiger partial charge in [0.15, 0.2) is 0 Å². The van der Waals surface area contributed by atoms with Crippen molar-refractivity contribution in [3.63, 3.8) is 0 Å². The third kappa shape index (κ3) is 3.61. The lowest BCUT2D eigenvalue weighted by atomic mass is 9.73. The van der Waals surface area contributed by atoms with Crippen LogP contribution in [-0.4, -0.2) is 37.8 Å². The molecule has 160 valence electrons. The van der Waals surface area contributed by atoms with Crippen molar-refractivity contribution in [3.05, 3.63) is 35.9 Å². The Bertz CT molecular complexity index is 773. The summed E-state index contributed by atoms with van der Waals surface area (Å²) in [6.07, 6.45) is -7.30. The molecule has 0 bridgehead atoms. The number of methoxy groups -OCH3 is 1. The van der Waals surface area contributed by atoms with E-state index in [1.807, 2.05) is 20.8 Å².